The maximum Gasteiger partial charge on any atom is 0.406 e. The molecule has 2 aliphatic heterocycles. The van der Waals surface area contributed by atoms with Crippen LogP contribution in [0.4, 0.5) is 25.5 Å². The Morgan fingerprint density at radius 1 is 1.14 bits per heavy atom. The van der Waals surface area contributed by atoms with Gasteiger partial charge in [-0.25, -0.2) is 18.6 Å². The third-order valence-electron chi connectivity index (χ3n) is 5.98. The monoisotopic (exact) mass is 490 g/mol. The van der Waals surface area contributed by atoms with Gasteiger partial charge in [0.1, 0.15) is 17.4 Å². The molecule has 2 aromatic heterocycles. The van der Waals surface area contributed by atoms with E-state index in [1.54, 1.807) is 23.1 Å². The predicted molar refractivity (Wildman–Crippen MR) is 121 cm³/mol. The van der Waals surface area contributed by atoms with Crippen LogP contribution in [-0.4, -0.2) is 81.8 Å². The van der Waals surface area contributed by atoms with E-state index in [1.807, 2.05) is 4.90 Å². The quantitative estimate of drug-likeness (QED) is 0.530. The number of imidazole rings is 1. The van der Waals surface area contributed by atoms with Crippen molar-refractivity contribution in [2.24, 2.45) is 0 Å². The molecule has 4 heterocycles. The molecule has 1 aromatic carbocycles. The molecule has 1 amide bonds. The van der Waals surface area contributed by atoms with Crippen LogP contribution in [0.25, 0.3) is 17.0 Å². The van der Waals surface area contributed by atoms with Crippen LogP contribution in [0.15, 0.2) is 18.2 Å². The number of morpholine rings is 1. The van der Waals surface area contributed by atoms with Crippen LogP contribution in [0.2, 0.25) is 0 Å². The first-order chi connectivity index (χ1) is 17.0. The Balaban J connectivity index is 1.69. The second-order valence-electron chi connectivity index (χ2n) is 8.07. The normalized spacial score (nSPS) is 18.5. The number of aromatic nitrogens is 5. The van der Waals surface area contributed by atoms with Gasteiger partial charge in [-0.1, -0.05) is 6.07 Å². The lowest BCUT2D eigenvalue weighted by molar-refractivity contribution is 0.122. The van der Waals surface area contributed by atoms with Gasteiger partial charge in [-0.15, -0.1) is 0 Å². The molecule has 14 heteroatoms. The Hall–Kier alpha value is -3.81. The molecule has 3 aromatic rings. The summed E-state index contributed by atoms with van der Waals surface area (Å²) in [5.74, 6) is 0.257. The Bertz CT molecular complexity index is 1230. The van der Waals surface area contributed by atoms with Crippen molar-refractivity contribution in [1.82, 2.24) is 29.8 Å². The van der Waals surface area contributed by atoms with Crippen molar-refractivity contribution < 1.29 is 28.2 Å². The number of nitrogens with one attached hydrogen (secondary N) is 1. The summed E-state index contributed by atoms with van der Waals surface area (Å²) in [7, 11) is 1.44. The molecule has 0 radical (unpaired) electrons. The summed E-state index contributed by atoms with van der Waals surface area (Å²) in [6.45, 7) is 2.46. The average molecular weight is 490 g/mol. The number of methoxy groups -OCH3 is 1. The maximum atomic E-state index is 14.1. The molecule has 1 atom stereocenters. The van der Waals surface area contributed by atoms with Crippen LogP contribution in [0.3, 0.4) is 0 Å². The highest BCUT2D eigenvalue weighted by Gasteiger charge is 2.31. The van der Waals surface area contributed by atoms with Crippen molar-refractivity contribution in [2.45, 2.75) is 25.4 Å². The summed E-state index contributed by atoms with van der Waals surface area (Å²) in [5, 5.41) is 11.7. The van der Waals surface area contributed by atoms with Gasteiger partial charge >= 0.3 is 6.09 Å². The van der Waals surface area contributed by atoms with E-state index in [-0.39, 0.29) is 17.4 Å². The number of anilines is 2. The van der Waals surface area contributed by atoms with Crippen LogP contribution < -0.4 is 19.9 Å². The zero-order valence-corrected chi connectivity index (χ0v) is 18.9. The summed E-state index contributed by atoms with van der Waals surface area (Å²) >= 11 is 0. The Labute approximate surface area is 198 Å². The number of ether oxygens (including phenoxy) is 2. The lowest BCUT2D eigenvalue weighted by Crippen LogP contribution is -2.45. The summed E-state index contributed by atoms with van der Waals surface area (Å²) in [6, 6.07) is 4.95. The molecule has 2 fully saturated rings. The Morgan fingerprint density at radius 2 is 1.89 bits per heavy atom. The largest absolute Gasteiger partial charge is 0.494 e. The molecule has 0 spiro atoms. The third-order valence-corrected chi connectivity index (χ3v) is 5.98. The number of benzene rings is 1. The van der Waals surface area contributed by atoms with Gasteiger partial charge in [0.2, 0.25) is 17.8 Å². The van der Waals surface area contributed by atoms with Crippen molar-refractivity contribution in [1.29, 1.82) is 0 Å². The molecule has 1 unspecified atom stereocenters. The number of rotatable bonds is 6. The van der Waals surface area contributed by atoms with E-state index in [2.05, 4.69) is 25.3 Å². The minimum absolute atomic E-state index is 0.0384. The van der Waals surface area contributed by atoms with Gasteiger partial charge in [-0.3, -0.25) is 4.57 Å². The third kappa shape index (κ3) is 4.36. The van der Waals surface area contributed by atoms with Crippen molar-refractivity contribution >= 4 is 29.0 Å². The van der Waals surface area contributed by atoms with E-state index in [1.165, 1.54) is 11.7 Å². The summed E-state index contributed by atoms with van der Waals surface area (Å²) in [6.07, 6.45) is -3.35. The van der Waals surface area contributed by atoms with Gasteiger partial charge < -0.3 is 29.7 Å². The first-order valence-corrected chi connectivity index (χ1v) is 11.1. The zero-order chi connectivity index (χ0) is 24.5. The summed E-state index contributed by atoms with van der Waals surface area (Å²) in [4.78, 5) is 32.7. The molecular formula is C21H24F2N8O4. The molecule has 0 aliphatic carbocycles. The Kier molecular flexibility index (Phi) is 6.19. The van der Waals surface area contributed by atoms with E-state index < -0.39 is 24.5 Å². The minimum Gasteiger partial charge on any atom is -0.494 e. The second-order valence-corrected chi connectivity index (χ2v) is 8.07. The van der Waals surface area contributed by atoms with Gasteiger partial charge in [-0.05, 0) is 25.0 Å². The predicted octanol–water partition coefficient (Wildman–Crippen LogP) is 2.19. The molecule has 0 bridgehead atoms. The number of alkyl halides is 2. The maximum absolute atomic E-state index is 14.1. The highest BCUT2D eigenvalue weighted by molar-refractivity contribution is 5.84. The molecule has 2 N–H and O–H groups in total. The first kappa shape index (κ1) is 23.0. The number of para-hydroxylation sites is 1. The summed E-state index contributed by atoms with van der Waals surface area (Å²) in [5.41, 5.74) is 0.609. The Morgan fingerprint density at radius 3 is 2.60 bits per heavy atom. The van der Waals surface area contributed by atoms with Crippen LogP contribution >= 0.6 is 0 Å². The van der Waals surface area contributed by atoms with Gasteiger partial charge in [0.15, 0.2) is 5.82 Å². The van der Waals surface area contributed by atoms with E-state index in [4.69, 9.17) is 9.47 Å². The van der Waals surface area contributed by atoms with Crippen LogP contribution in [0.1, 0.15) is 25.1 Å². The molecule has 12 nitrogen and oxygen atoms in total. The van der Waals surface area contributed by atoms with Crippen molar-refractivity contribution in [3.8, 4) is 11.7 Å². The number of carbonyl (C=O) groups is 1. The van der Waals surface area contributed by atoms with E-state index in [9.17, 15) is 18.7 Å². The van der Waals surface area contributed by atoms with Crippen LogP contribution in [-0.2, 0) is 4.74 Å². The van der Waals surface area contributed by atoms with Gasteiger partial charge in [0, 0.05) is 19.6 Å². The molecular weight excluding hydrogens is 466 g/mol. The van der Waals surface area contributed by atoms with E-state index >= 15 is 0 Å². The standard InChI is InChI=1S/C21H24F2N8O4/c1-34-13-5-2-4-12-15(13)25-17(16(22)23)31(12)20-27-18(29-8-10-35-11-9-29)26-19(28-20)30-7-3-6-14(30)24-21(32)33/h2,4-5,14,16,24H,3,6-11H2,1H3,(H,32,33). The summed E-state index contributed by atoms with van der Waals surface area (Å²) < 4.78 is 40.2. The number of fused-ring (bicyclic) bond motifs is 1. The number of hydrogen-bond donors (Lipinski definition) is 2. The van der Waals surface area contributed by atoms with E-state index in [0.717, 1.165) is 0 Å². The topological polar surface area (TPSA) is 131 Å². The van der Waals surface area contributed by atoms with Crippen LogP contribution in [0.5, 0.6) is 5.75 Å². The average Bonchev–Trinajstić information content (AvgIpc) is 3.48. The molecule has 0 saturated carbocycles. The lowest BCUT2D eigenvalue weighted by Gasteiger charge is -2.29. The van der Waals surface area contributed by atoms with Gasteiger partial charge in [0.25, 0.3) is 6.43 Å². The molecule has 5 rings (SSSR count). The highest BCUT2D eigenvalue weighted by Crippen LogP contribution is 2.33. The molecule has 2 aliphatic rings. The highest BCUT2D eigenvalue weighted by atomic mass is 19.3. The fourth-order valence-electron chi connectivity index (χ4n) is 4.39. The number of hydrogen-bond acceptors (Lipinski definition) is 9. The van der Waals surface area contributed by atoms with Gasteiger partial charge in [0.05, 0.1) is 25.8 Å². The minimum atomic E-state index is -2.91. The lowest BCUT2D eigenvalue weighted by atomic mass is 10.3. The fourth-order valence-corrected chi connectivity index (χ4v) is 4.39. The number of nitrogens with zero attached hydrogens (tertiary/aromatic N) is 7. The zero-order valence-electron chi connectivity index (χ0n) is 18.9. The van der Waals surface area contributed by atoms with E-state index in [0.29, 0.717) is 62.9 Å². The molecule has 2 saturated heterocycles. The number of carboxylic acid groups (broad SMARTS) is 1. The van der Waals surface area contributed by atoms with Crippen molar-refractivity contribution in [3.63, 3.8) is 0 Å². The van der Waals surface area contributed by atoms with Crippen LogP contribution in [0, 0.1) is 0 Å². The SMILES string of the molecule is COc1cccc2c1nc(C(F)F)n2-c1nc(N2CCOCC2)nc(N2CCCC2NC(=O)O)n1. The van der Waals surface area contributed by atoms with Crippen molar-refractivity contribution in [2.75, 3.05) is 49.8 Å². The number of amides is 1. The van der Waals surface area contributed by atoms with Gasteiger partial charge in [-0.2, -0.15) is 15.0 Å². The fraction of sp³-hybridized carbons (Fsp3) is 0.476. The smallest absolute Gasteiger partial charge is 0.406 e. The number of halogens is 2. The second kappa shape index (κ2) is 9.44. The van der Waals surface area contributed by atoms with Crippen molar-refractivity contribution in [3.05, 3.63) is 24.0 Å². The molecule has 186 valence electrons. The molecule has 35 heavy (non-hydrogen) atoms. The first-order valence-electron chi connectivity index (χ1n) is 11.1.